The first kappa shape index (κ1) is 41.2. The van der Waals surface area contributed by atoms with Crippen LogP contribution in [0.25, 0.3) is 10.9 Å². The molecule has 10 atom stereocenters. The Balaban J connectivity index is 0.00000484. The number of ether oxygens (including phenoxy) is 4. The van der Waals surface area contributed by atoms with Crippen molar-refractivity contribution < 1.29 is 47.2 Å². The number of H-pyrrole nitrogens is 1. The van der Waals surface area contributed by atoms with Crippen molar-refractivity contribution in [2.45, 2.75) is 101 Å². The molecule has 1 saturated carbocycles. The number of fused-ring (bicyclic) bond motifs is 6. The van der Waals surface area contributed by atoms with Gasteiger partial charge < -0.3 is 34.4 Å². The Kier molecular flexibility index (Phi) is 9.79. The van der Waals surface area contributed by atoms with Crippen LogP contribution in [0.4, 0.5) is 14.5 Å². The van der Waals surface area contributed by atoms with Gasteiger partial charge in [-0.05, 0) is 68.3 Å². The highest BCUT2D eigenvalue weighted by molar-refractivity contribution is 5.95. The van der Waals surface area contributed by atoms with Crippen molar-refractivity contribution in [1.82, 2.24) is 14.8 Å². The van der Waals surface area contributed by atoms with Crippen molar-refractivity contribution >= 4 is 34.5 Å². The smallest absolute Gasteiger partial charge is 0.344 e. The lowest BCUT2D eigenvalue weighted by Crippen LogP contribution is -2.80. The highest BCUT2D eigenvalue weighted by Gasteiger charge is 2.79. The molecule has 5 aliphatic heterocycles. The molecule has 318 valence electrons. The van der Waals surface area contributed by atoms with Gasteiger partial charge in [0.1, 0.15) is 11.2 Å². The van der Waals surface area contributed by atoms with Crippen LogP contribution in [0.3, 0.4) is 0 Å². The Bertz CT molecular complexity index is 2240. The zero-order chi connectivity index (χ0) is 41.2. The molecule has 6 aliphatic rings. The minimum Gasteiger partial charge on any atom is -0.496 e. The van der Waals surface area contributed by atoms with Crippen LogP contribution in [-0.2, 0) is 46.0 Å². The number of hydrogen-bond donors (Lipinski definition) is 3. The average Bonchev–Trinajstić information content (AvgIpc) is 3.89. The molecule has 3 fully saturated rings. The second kappa shape index (κ2) is 14.0. The van der Waals surface area contributed by atoms with Crippen molar-refractivity contribution in [1.29, 1.82) is 0 Å². The Hall–Kier alpha value is -4.53. The molecule has 0 amide bonds. The third-order valence-electron chi connectivity index (χ3n) is 14.9. The summed E-state index contributed by atoms with van der Waals surface area (Å²) in [4.78, 5) is 50.2. The molecule has 2 saturated heterocycles. The summed E-state index contributed by atoms with van der Waals surface area (Å²) in [5.74, 6) is -5.97. The number of benzene rings is 2. The van der Waals surface area contributed by atoms with Crippen LogP contribution in [-0.4, -0.2) is 115 Å². The minimum absolute atomic E-state index is 0. The molecule has 9 rings (SSSR count). The molecule has 1 aliphatic carbocycles. The second-order valence-electron chi connectivity index (χ2n) is 17.6. The van der Waals surface area contributed by atoms with E-state index in [0.29, 0.717) is 61.7 Å². The molecule has 12 nitrogen and oxygen atoms in total. The normalized spacial score (nSPS) is 35.4. The lowest BCUT2D eigenvalue weighted by Gasteiger charge is -2.62. The number of aliphatic hydroxyl groups is 1. The molecular weight excluding hydrogens is 763 g/mol. The topological polar surface area (TPSA) is 143 Å². The average molecular weight is 819 g/mol. The number of hydrogen-bond acceptors (Lipinski definition) is 11. The van der Waals surface area contributed by atoms with E-state index in [1.807, 2.05) is 55.5 Å². The standard InChI is InChI=1S/C44H52F2N4O8.CH4/c1-7-41-13-10-15-50-16-14-42(36(41)50)29-18-30(33(55-4)19-32(29)48-35(42)44(54,39(53)57-6)37(41)58-24(2)51)43(38(52)56-5)20-25-17-26(40(3,45)46)22-49(21-25)23-28-27-11-8-9-12-31(27)47-34(28)43;/h8-13,18-19,25-26,35-37,47-48,54H,7,14-17,20-23H2,1-6H3;1H4/t25-,26-,35-,36?,37-,41-,42+,43+,44+;/m1./s1. The van der Waals surface area contributed by atoms with Gasteiger partial charge in [0.2, 0.25) is 11.5 Å². The number of piperidine rings is 1. The van der Waals surface area contributed by atoms with E-state index in [4.69, 9.17) is 18.9 Å². The van der Waals surface area contributed by atoms with Crippen LogP contribution in [0, 0.1) is 17.3 Å². The predicted octanol–water partition coefficient (Wildman–Crippen LogP) is 5.69. The number of alkyl halides is 2. The summed E-state index contributed by atoms with van der Waals surface area (Å²) in [6.07, 6.45) is 3.99. The Morgan fingerprint density at radius 2 is 1.80 bits per heavy atom. The lowest BCUT2D eigenvalue weighted by molar-refractivity contribution is -0.226. The van der Waals surface area contributed by atoms with Gasteiger partial charge >= 0.3 is 17.9 Å². The van der Waals surface area contributed by atoms with Crippen LogP contribution in [0.1, 0.15) is 76.3 Å². The molecule has 2 unspecified atom stereocenters. The first-order valence-corrected chi connectivity index (χ1v) is 20.3. The zero-order valence-corrected chi connectivity index (χ0v) is 33.8. The number of nitrogens with zero attached hydrogens (tertiary/aromatic N) is 2. The van der Waals surface area contributed by atoms with Gasteiger partial charge in [-0.15, -0.1) is 0 Å². The number of para-hydroxylation sites is 1. The van der Waals surface area contributed by atoms with Crippen molar-refractivity contribution in [2.24, 2.45) is 17.3 Å². The first-order valence-electron chi connectivity index (χ1n) is 20.3. The van der Waals surface area contributed by atoms with Gasteiger partial charge in [-0.1, -0.05) is 44.7 Å². The lowest BCUT2D eigenvalue weighted by atomic mass is 9.47. The SMILES string of the molecule is C.CC[C@]12C=CCN3CC[C@@]4(c5cc([C@@]6(C(=O)OC)C[C@H]7C[C@@H](C(C)(F)F)CN(Cc8c6[nH]c6ccccc86)C7)c(OC)cc5N[C@H]4[C@@](O)(C(=O)OC)[C@@H]1OC(C)=O)C32. The second-order valence-corrected chi connectivity index (χ2v) is 17.6. The molecule has 2 aromatic carbocycles. The van der Waals surface area contributed by atoms with Gasteiger partial charge in [-0.3, -0.25) is 19.4 Å². The molecule has 1 aromatic heterocycles. The van der Waals surface area contributed by atoms with Crippen molar-refractivity contribution in [3.8, 4) is 5.75 Å². The monoisotopic (exact) mass is 818 g/mol. The van der Waals surface area contributed by atoms with E-state index in [1.165, 1.54) is 28.3 Å². The summed E-state index contributed by atoms with van der Waals surface area (Å²) in [7, 11) is 4.08. The third-order valence-corrected chi connectivity index (χ3v) is 14.9. The fraction of sp³-hybridized carbons (Fsp3) is 0.578. The number of nitrogens with one attached hydrogen (secondary N) is 2. The molecule has 0 radical (unpaired) electrons. The summed E-state index contributed by atoms with van der Waals surface area (Å²) < 4.78 is 54.0. The summed E-state index contributed by atoms with van der Waals surface area (Å²) in [6, 6.07) is 10.2. The van der Waals surface area contributed by atoms with Crippen LogP contribution >= 0.6 is 0 Å². The number of methoxy groups -OCH3 is 3. The van der Waals surface area contributed by atoms with Crippen molar-refractivity contribution in [3.05, 3.63) is 70.9 Å². The highest BCUT2D eigenvalue weighted by Crippen LogP contribution is 2.67. The number of esters is 3. The minimum atomic E-state index is -2.94. The molecule has 14 heteroatoms. The number of anilines is 1. The molecule has 3 N–H and O–H groups in total. The highest BCUT2D eigenvalue weighted by atomic mass is 19.3. The Labute approximate surface area is 343 Å². The number of aromatic amines is 1. The van der Waals surface area contributed by atoms with Crippen molar-refractivity contribution in [3.63, 3.8) is 0 Å². The van der Waals surface area contributed by atoms with Gasteiger partial charge in [-0.25, -0.2) is 13.6 Å². The maximum absolute atomic E-state index is 15.3. The van der Waals surface area contributed by atoms with Crippen LogP contribution in [0.2, 0.25) is 0 Å². The fourth-order valence-electron chi connectivity index (χ4n) is 12.7. The van der Waals surface area contributed by atoms with Gasteiger partial charge in [0.05, 0.1) is 27.4 Å². The van der Waals surface area contributed by atoms with Gasteiger partial charge in [0, 0.05) is 89.8 Å². The molecule has 6 heterocycles. The third kappa shape index (κ3) is 5.43. The maximum Gasteiger partial charge on any atom is 0.344 e. The quantitative estimate of drug-likeness (QED) is 0.154. The summed E-state index contributed by atoms with van der Waals surface area (Å²) in [6.45, 7) is 6.51. The van der Waals surface area contributed by atoms with E-state index < -0.39 is 63.7 Å². The zero-order valence-electron chi connectivity index (χ0n) is 33.8. The molecular formula is C45H56F2N4O8. The van der Waals surface area contributed by atoms with E-state index in [9.17, 15) is 14.7 Å². The first-order chi connectivity index (χ1) is 27.6. The maximum atomic E-state index is 15.3. The van der Waals surface area contributed by atoms with Crippen LogP contribution in [0.15, 0.2) is 48.6 Å². The molecule has 3 aromatic rings. The number of carbonyl (C=O) groups is 3. The fourth-order valence-corrected chi connectivity index (χ4v) is 12.7. The molecule has 2 bridgehead atoms. The Morgan fingerprint density at radius 1 is 1.05 bits per heavy atom. The van der Waals surface area contributed by atoms with Gasteiger partial charge in [-0.2, -0.15) is 0 Å². The van der Waals surface area contributed by atoms with E-state index in [2.05, 4.69) is 20.1 Å². The number of carbonyl (C=O) groups excluding carboxylic acids is 3. The summed E-state index contributed by atoms with van der Waals surface area (Å²) >= 11 is 0. The largest absolute Gasteiger partial charge is 0.496 e. The Morgan fingerprint density at radius 3 is 2.47 bits per heavy atom. The summed E-state index contributed by atoms with van der Waals surface area (Å²) in [5.41, 5.74) is -1.80. The molecule has 59 heavy (non-hydrogen) atoms. The van der Waals surface area contributed by atoms with Crippen LogP contribution in [0.5, 0.6) is 5.75 Å². The van der Waals surface area contributed by atoms with Crippen molar-refractivity contribution in [2.75, 3.05) is 52.8 Å². The van der Waals surface area contributed by atoms with E-state index >= 15 is 13.6 Å². The van der Waals surface area contributed by atoms with Gasteiger partial charge in [0.25, 0.3) is 0 Å². The van der Waals surface area contributed by atoms with E-state index in [-0.39, 0.29) is 38.8 Å². The number of aromatic nitrogens is 1. The summed E-state index contributed by atoms with van der Waals surface area (Å²) in [5, 5.41) is 17.5. The van der Waals surface area contributed by atoms with E-state index in [0.717, 1.165) is 29.0 Å². The predicted molar refractivity (Wildman–Crippen MR) is 216 cm³/mol. The van der Waals surface area contributed by atoms with E-state index in [1.54, 1.807) is 0 Å². The van der Waals surface area contributed by atoms with Gasteiger partial charge in [0.15, 0.2) is 6.10 Å². The number of rotatable bonds is 7. The number of halogens is 2. The molecule has 1 spiro atoms. The van der Waals surface area contributed by atoms with Crippen LogP contribution < -0.4 is 10.1 Å².